The highest BCUT2D eigenvalue weighted by molar-refractivity contribution is 7.80. The van der Waals surface area contributed by atoms with E-state index in [4.69, 9.17) is 22.7 Å². The minimum atomic E-state index is -0.355. The molecule has 1 aromatic carbocycles. The Morgan fingerprint density at radius 1 is 1.35 bits per heavy atom. The second kappa shape index (κ2) is 7.22. The first-order valence-corrected chi connectivity index (χ1v) is 6.28. The van der Waals surface area contributed by atoms with Crippen molar-refractivity contribution in [3.05, 3.63) is 29.6 Å². The minimum absolute atomic E-state index is 0.160. The van der Waals surface area contributed by atoms with Crippen LogP contribution in [0.2, 0.25) is 0 Å². The van der Waals surface area contributed by atoms with Crippen LogP contribution in [-0.4, -0.2) is 11.6 Å². The standard InChI is InChI=1S/C13H18FNOS/c1-2-3-4-5-8-16-12-7-6-10(14)9-11(12)13(15)17/h6-7,9H,2-5,8H2,1H3,(H2,15,17). The lowest BCUT2D eigenvalue weighted by Gasteiger charge is -2.10. The van der Waals surface area contributed by atoms with Crippen molar-refractivity contribution >= 4 is 17.2 Å². The first kappa shape index (κ1) is 13.9. The van der Waals surface area contributed by atoms with Crippen LogP contribution in [0.4, 0.5) is 4.39 Å². The van der Waals surface area contributed by atoms with Gasteiger partial charge in [0.2, 0.25) is 0 Å². The average Bonchev–Trinajstić information content (AvgIpc) is 2.30. The van der Waals surface area contributed by atoms with Crippen molar-refractivity contribution < 1.29 is 9.13 Å². The Morgan fingerprint density at radius 3 is 2.76 bits per heavy atom. The molecule has 0 radical (unpaired) electrons. The number of benzene rings is 1. The van der Waals surface area contributed by atoms with Crippen molar-refractivity contribution in [1.82, 2.24) is 0 Å². The van der Waals surface area contributed by atoms with Crippen LogP contribution in [-0.2, 0) is 0 Å². The molecule has 0 aliphatic carbocycles. The van der Waals surface area contributed by atoms with E-state index in [1.807, 2.05) is 0 Å². The van der Waals surface area contributed by atoms with E-state index in [1.165, 1.54) is 25.0 Å². The van der Waals surface area contributed by atoms with Gasteiger partial charge in [0.25, 0.3) is 0 Å². The number of nitrogens with two attached hydrogens (primary N) is 1. The van der Waals surface area contributed by atoms with Crippen LogP contribution in [0.15, 0.2) is 18.2 Å². The van der Waals surface area contributed by atoms with Gasteiger partial charge in [-0.3, -0.25) is 0 Å². The molecule has 0 saturated heterocycles. The van der Waals surface area contributed by atoms with Gasteiger partial charge in [-0.25, -0.2) is 4.39 Å². The summed E-state index contributed by atoms with van der Waals surface area (Å²) in [7, 11) is 0. The summed E-state index contributed by atoms with van der Waals surface area (Å²) in [5.74, 6) is 0.210. The van der Waals surface area contributed by atoms with Crippen molar-refractivity contribution in [2.24, 2.45) is 5.73 Å². The summed E-state index contributed by atoms with van der Waals surface area (Å²) in [6, 6.07) is 4.23. The van der Waals surface area contributed by atoms with Crippen LogP contribution in [0, 0.1) is 5.82 Å². The van der Waals surface area contributed by atoms with E-state index < -0.39 is 0 Å². The number of hydrogen-bond acceptors (Lipinski definition) is 2. The highest BCUT2D eigenvalue weighted by Crippen LogP contribution is 2.20. The topological polar surface area (TPSA) is 35.2 Å². The Bertz CT molecular complexity index is 382. The Kier molecular flexibility index (Phi) is 5.91. The fourth-order valence-corrected chi connectivity index (χ4v) is 1.69. The smallest absolute Gasteiger partial charge is 0.129 e. The first-order chi connectivity index (χ1) is 8.15. The number of hydrogen-bond donors (Lipinski definition) is 1. The molecule has 0 aliphatic rings. The third-order valence-corrected chi connectivity index (χ3v) is 2.68. The van der Waals surface area contributed by atoms with Crippen molar-refractivity contribution in [3.8, 4) is 5.75 Å². The highest BCUT2D eigenvalue weighted by Gasteiger charge is 2.07. The second-order valence-electron chi connectivity index (χ2n) is 3.91. The molecular weight excluding hydrogens is 237 g/mol. The fourth-order valence-electron chi connectivity index (χ4n) is 1.53. The lowest BCUT2D eigenvalue weighted by Crippen LogP contribution is -2.12. The zero-order chi connectivity index (χ0) is 12.7. The number of ether oxygens (including phenoxy) is 1. The van der Waals surface area contributed by atoms with Crippen LogP contribution in [0.5, 0.6) is 5.75 Å². The molecule has 0 aromatic heterocycles. The van der Waals surface area contributed by atoms with Gasteiger partial charge in [-0.05, 0) is 24.6 Å². The van der Waals surface area contributed by atoms with Gasteiger partial charge in [-0.1, -0.05) is 38.4 Å². The van der Waals surface area contributed by atoms with Crippen LogP contribution >= 0.6 is 12.2 Å². The van der Waals surface area contributed by atoms with Gasteiger partial charge in [0, 0.05) is 0 Å². The van der Waals surface area contributed by atoms with Gasteiger partial charge < -0.3 is 10.5 Å². The molecule has 4 heteroatoms. The lowest BCUT2D eigenvalue weighted by molar-refractivity contribution is 0.304. The van der Waals surface area contributed by atoms with E-state index in [0.29, 0.717) is 17.9 Å². The SMILES string of the molecule is CCCCCCOc1ccc(F)cc1C(N)=S. The maximum absolute atomic E-state index is 13.0. The van der Waals surface area contributed by atoms with Gasteiger partial charge in [0.15, 0.2) is 0 Å². The van der Waals surface area contributed by atoms with Gasteiger partial charge in [-0.15, -0.1) is 0 Å². The van der Waals surface area contributed by atoms with Crippen molar-refractivity contribution in [3.63, 3.8) is 0 Å². The largest absolute Gasteiger partial charge is 0.493 e. The van der Waals surface area contributed by atoms with Gasteiger partial charge in [0.05, 0.1) is 12.2 Å². The van der Waals surface area contributed by atoms with Crippen molar-refractivity contribution in [2.45, 2.75) is 32.6 Å². The molecule has 17 heavy (non-hydrogen) atoms. The number of thiocarbonyl (C=S) groups is 1. The first-order valence-electron chi connectivity index (χ1n) is 5.87. The van der Waals surface area contributed by atoms with Gasteiger partial charge in [-0.2, -0.15) is 0 Å². The third kappa shape index (κ3) is 4.69. The maximum Gasteiger partial charge on any atom is 0.129 e. The molecule has 0 heterocycles. The molecule has 0 spiro atoms. The predicted octanol–water partition coefficient (Wildman–Crippen LogP) is 3.42. The monoisotopic (exact) mass is 255 g/mol. The number of unbranched alkanes of at least 4 members (excludes halogenated alkanes) is 3. The summed E-state index contributed by atoms with van der Waals surface area (Å²) in [5, 5.41) is 0. The molecule has 2 nitrogen and oxygen atoms in total. The molecule has 1 aromatic rings. The summed E-state index contributed by atoms with van der Waals surface area (Å²) in [6.07, 6.45) is 4.52. The highest BCUT2D eigenvalue weighted by atomic mass is 32.1. The molecule has 0 fully saturated rings. The molecule has 94 valence electrons. The number of rotatable bonds is 7. The summed E-state index contributed by atoms with van der Waals surface area (Å²) >= 11 is 4.86. The van der Waals surface area contributed by atoms with E-state index in [-0.39, 0.29) is 10.8 Å². The van der Waals surface area contributed by atoms with Crippen LogP contribution in [0.1, 0.15) is 38.2 Å². The normalized spacial score (nSPS) is 10.2. The number of halogens is 1. The molecule has 0 amide bonds. The predicted molar refractivity (Wildman–Crippen MR) is 71.9 cm³/mol. The Morgan fingerprint density at radius 2 is 2.12 bits per heavy atom. The summed E-state index contributed by atoms with van der Waals surface area (Å²) in [6.45, 7) is 2.77. The Hall–Kier alpha value is -1.16. The second-order valence-corrected chi connectivity index (χ2v) is 4.35. The van der Waals surface area contributed by atoms with Crippen LogP contribution in [0.25, 0.3) is 0 Å². The molecule has 0 aliphatic heterocycles. The lowest BCUT2D eigenvalue weighted by atomic mass is 10.2. The fraction of sp³-hybridized carbons (Fsp3) is 0.462. The summed E-state index contributed by atoms with van der Waals surface area (Å²) < 4.78 is 18.6. The summed E-state index contributed by atoms with van der Waals surface area (Å²) in [4.78, 5) is 0.160. The van der Waals surface area contributed by atoms with E-state index in [1.54, 1.807) is 6.07 Å². The molecule has 0 bridgehead atoms. The van der Waals surface area contributed by atoms with E-state index in [0.717, 1.165) is 12.8 Å². The minimum Gasteiger partial charge on any atom is -0.493 e. The molecule has 0 atom stereocenters. The van der Waals surface area contributed by atoms with Crippen molar-refractivity contribution in [2.75, 3.05) is 6.61 Å². The molecule has 2 N–H and O–H groups in total. The van der Waals surface area contributed by atoms with Crippen molar-refractivity contribution in [1.29, 1.82) is 0 Å². The molecule has 0 unspecified atom stereocenters. The Balaban J connectivity index is 2.55. The zero-order valence-electron chi connectivity index (χ0n) is 10.0. The van der Waals surface area contributed by atoms with Crippen LogP contribution in [0.3, 0.4) is 0 Å². The average molecular weight is 255 g/mol. The van der Waals surface area contributed by atoms with E-state index >= 15 is 0 Å². The van der Waals surface area contributed by atoms with E-state index in [9.17, 15) is 4.39 Å². The van der Waals surface area contributed by atoms with Gasteiger partial charge in [0.1, 0.15) is 16.6 Å². The maximum atomic E-state index is 13.0. The third-order valence-electron chi connectivity index (χ3n) is 2.46. The quantitative estimate of drug-likeness (QED) is 0.599. The zero-order valence-corrected chi connectivity index (χ0v) is 10.9. The summed E-state index contributed by atoms with van der Waals surface area (Å²) in [5.41, 5.74) is 5.99. The van der Waals surface area contributed by atoms with E-state index in [2.05, 4.69) is 6.92 Å². The molecule has 0 saturated carbocycles. The molecular formula is C13H18FNOS. The van der Waals surface area contributed by atoms with Crippen LogP contribution < -0.4 is 10.5 Å². The Labute approximate surface area is 107 Å². The molecule has 1 rings (SSSR count). The van der Waals surface area contributed by atoms with Gasteiger partial charge >= 0.3 is 0 Å².